The van der Waals surface area contributed by atoms with Gasteiger partial charge in [-0.3, -0.25) is 9.69 Å². The molecule has 1 saturated heterocycles. The second-order valence-corrected chi connectivity index (χ2v) is 5.48. The first-order valence-corrected chi connectivity index (χ1v) is 6.97. The van der Waals surface area contributed by atoms with Gasteiger partial charge in [-0.05, 0) is 33.2 Å². The van der Waals surface area contributed by atoms with E-state index in [1.54, 1.807) is 0 Å². The van der Waals surface area contributed by atoms with Crippen molar-refractivity contribution in [1.82, 2.24) is 9.88 Å². The molecule has 5 nitrogen and oxygen atoms in total. The second kappa shape index (κ2) is 6.19. The van der Waals surface area contributed by atoms with E-state index in [2.05, 4.69) is 23.7 Å². The van der Waals surface area contributed by atoms with Crippen LogP contribution in [0.15, 0.2) is 10.6 Å². The number of aromatic nitrogens is 1. The predicted molar refractivity (Wildman–Crippen MR) is 71.0 cm³/mol. The van der Waals surface area contributed by atoms with Crippen LogP contribution in [0.4, 0.5) is 0 Å². The summed E-state index contributed by atoms with van der Waals surface area (Å²) in [5, 5.41) is 8.72. The van der Waals surface area contributed by atoms with E-state index in [-0.39, 0.29) is 6.42 Å². The Balaban J connectivity index is 1.98. The van der Waals surface area contributed by atoms with Crippen LogP contribution in [0.2, 0.25) is 0 Å². The zero-order chi connectivity index (χ0) is 13.8. The van der Waals surface area contributed by atoms with Crippen molar-refractivity contribution < 1.29 is 14.3 Å². The van der Waals surface area contributed by atoms with Gasteiger partial charge in [-0.15, -0.1) is 0 Å². The van der Waals surface area contributed by atoms with Gasteiger partial charge in [0, 0.05) is 18.5 Å². The Morgan fingerprint density at radius 1 is 1.58 bits per heavy atom. The first-order valence-electron chi connectivity index (χ1n) is 6.97. The van der Waals surface area contributed by atoms with E-state index in [9.17, 15) is 4.79 Å². The van der Waals surface area contributed by atoms with Gasteiger partial charge in [0.05, 0.1) is 6.20 Å². The highest BCUT2D eigenvalue weighted by atomic mass is 16.4. The fourth-order valence-electron chi connectivity index (χ4n) is 2.80. The van der Waals surface area contributed by atoms with Gasteiger partial charge in [0.1, 0.15) is 12.2 Å². The fraction of sp³-hybridized carbons (Fsp3) is 0.714. The quantitative estimate of drug-likeness (QED) is 0.884. The van der Waals surface area contributed by atoms with E-state index in [1.807, 2.05) is 0 Å². The van der Waals surface area contributed by atoms with Gasteiger partial charge in [0.2, 0.25) is 0 Å². The van der Waals surface area contributed by atoms with Gasteiger partial charge in [-0.1, -0.05) is 6.42 Å². The maximum Gasteiger partial charge on any atom is 0.311 e. The Morgan fingerprint density at radius 2 is 2.37 bits per heavy atom. The maximum absolute atomic E-state index is 10.6. The molecule has 2 heterocycles. The lowest BCUT2D eigenvalue weighted by Crippen LogP contribution is -2.45. The van der Waals surface area contributed by atoms with Gasteiger partial charge in [-0.2, -0.15) is 0 Å². The Morgan fingerprint density at radius 3 is 3.05 bits per heavy atom. The molecule has 0 amide bonds. The number of piperidine rings is 1. The third-order valence-electron chi connectivity index (χ3n) is 3.67. The molecule has 1 atom stereocenters. The molecule has 5 heteroatoms. The van der Waals surface area contributed by atoms with Crippen LogP contribution < -0.4 is 0 Å². The fourth-order valence-corrected chi connectivity index (χ4v) is 2.80. The first kappa shape index (κ1) is 14.1. The molecule has 106 valence electrons. The topological polar surface area (TPSA) is 66.6 Å². The molecule has 19 heavy (non-hydrogen) atoms. The first-order chi connectivity index (χ1) is 9.06. The van der Waals surface area contributed by atoms with Crippen molar-refractivity contribution in [3.8, 4) is 0 Å². The predicted octanol–water partition coefficient (Wildman–Crippen LogP) is 2.11. The molecule has 0 saturated carbocycles. The number of hydrogen-bond donors (Lipinski definition) is 1. The molecular weight excluding hydrogens is 244 g/mol. The van der Waals surface area contributed by atoms with E-state index in [0.717, 1.165) is 19.4 Å². The van der Waals surface area contributed by atoms with Crippen LogP contribution >= 0.6 is 0 Å². The Labute approximate surface area is 113 Å². The molecule has 1 N–H and O–H groups in total. The SMILES string of the molecule is CC(C)N1CCCCC1Cc1ncc(CC(=O)O)o1. The summed E-state index contributed by atoms with van der Waals surface area (Å²) < 4.78 is 5.51. The minimum atomic E-state index is -0.885. The lowest BCUT2D eigenvalue weighted by atomic mass is 9.98. The van der Waals surface area contributed by atoms with Crippen molar-refractivity contribution in [1.29, 1.82) is 0 Å². The van der Waals surface area contributed by atoms with Gasteiger partial charge in [0.15, 0.2) is 5.89 Å². The summed E-state index contributed by atoms with van der Waals surface area (Å²) in [5.74, 6) is 0.215. The number of hydrogen-bond acceptors (Lipinski definition) is 4. The molecule has 1 aliphatic heterocycles. The molecule has 0 bridgehead atoms. The van der Waals surface area contributed by atoms with Gasteiger partial charge < -0.3 is 9.52 Å². The number of rotatable bonds is 5. The van der Waals surface area contributed by atoms with Crippen molar-refractivity contribution in [2.45, 2.75) is 58.0 Å². The number of nitrogens with zero attached hydrogens (tertiary/aromatic N) is 2. The summed E-state index contributed by atoms with van der Waals surface area (Å²) in [5.41, 5.74) is 0. The van der Waals surface area contributed by atoms with Crippen molar-refractivity contribution in [2.24, 2.45) is 0 Å². The summed E-state index contributed by atoms with van der Waals surface area (Å²) in [6.45, 7) is 5.55. The van der Waals surface area contributed by atoms with Crippen LogP contribution in [-0.4, -0.2) is 39.6 Å². The Hall–Kier alpha value is -1.36. The average molecular weight is 266 g/mol. The van der Waals surface area contributed by atoms with Crippen LogP contribution in [0, 0.1) is 0 Å². The number of carboxylic acids is 1. The summed E-state index contributed by atoms with van der Waals surface area (Å²) in [6.07, 6.45) is 5.88. The normalized spacial score (nSPS) is 20.9. The molecule has 0 aliphatic carbocycles. The summed E-state index contributed by atoms with van der Waals surface area (Å²) in [4.78, 5) is 17.3. The highest BCUT2D eigenvalue weighted by Gasteiger charge is 2.26. The molecule has 2 rings (SSSR count). The molecule has 1 aliphatic rings. The van der Waals surface area contributed by atoms with E-state index in [0.29, 0.717) is 23.7 Å². The van der Waals surface area contributed by atoms with E-state index in [1.165, 1.54) is 19.0 Å². The average Bonchev–Trinajstić information content (AvgIpc) is 2.76. The van der Waals surface area contributed by atoms with Crippen molar-refractivity contribution >= 4 is 5.97 Å². The molecule has 0 spiro atoms. The van der Waals surface area contributed by atoms with Crippen LogP contribution in [0.25, 0.3) is 0 Å². The molecule has 0 radical (unpaired) electrons. The second-order valence-electron chi connectivity index (χ2n) is 5.48. The maximum atomic E-state index is 10.6. The summed E-state index contributed by atoms with van der Waals surface area (Å²) in [7, 11) is 0. The van der Waals surface area contributed by atoms with E-state index < -0.39 is 5.97 Å². The molecule has 1 fully saturated rings. The minimum absolute atomic E-state index is 0.0917. The molecule has 0 aromatic carbocycles. The molecule has 1 aromatic rings. The van der Waals surface area contributed by atoms with Crippen molar-refractivity contribution in [3.05, 3.63) is 17.8 Å². The standard InChI is InChI=1S/C14H22N2O3/c1-10(2)16-6-4-3-5-11(16)7-13-15-9-12(19-13)8-14(17)18/h9-11H,3-8H2,1-2H3,(H,17,18). The number of aliphatic carboxylic acids is 1. The van der Waals surface area contributed by atoms with E-state index >= 15 is 0 Å². The number of carboxylic acid groups (broad SMARTS) is 1. The highest BCUT2D eigenvalue weighted by Crippen LogP contribution is 2.22. The smallest absolute Gasteiger partial charge is 0.311 e. The van der Waals surface area contributed by atoms with Crippen LogP contribution in [0.5, 0.6) is 0 Å². The van der Waals surface area contributed by atoms with Crippen molar-refractivity contribution in [3.63, 3.8) is 0 Å². The molecule has 1 aromatic heterocycles. The summed E-state index contributed by atoms with van der Waals surface area (Å²) in [6, 6.07) is 0.990. The highest BCUT2D eigenvalue weighted by molar-refractivity contribution is 5.69. The third kappa shape index (κ3) is 3.80. The minimum Gasteiger partial charge on any atom is -0.481 e. The lowest BCUT2D eigenvalue weighted by Gasteiger charge is -2.38. The van der Waals surface area contributed by atoms with E-state index in [4.69, 9.17) is 9.52 Å². The van der Waals surface area contributed by atoms with Crippen LogP contribution in [0.1, 0.15) is 44.8 Å². The van der Waals surface area contributed by atoms with Crippen LogP contribution in [-0.2, 0) is 17.6 Å². The van der Waals surface area contributed by atoms with Crippen molar-refractivity contribution in [2.75, 3.05) is 6.54 Å². The monoisotopic (exact) mass is 266 g/mol. The Kier molecular flexibility index (Phi) is 4.58. The van der Waals surface area contributed by atoms with Gasteiger partial charge in [-0.25, -0.2) is 4.98 Å². The van der Waals surface area contributed by atoms with Gasteiger partial charge in [0.25, 0.3) is 0 Å². The molecule has 1 unspecified atom stereocenters. The number of oxazole rings is 1. The Bertz CT molecular complexity index is 428. The summed E-state index contributed by atoms with van der Waals surface area (Å²) >= 11 is 0. The number of likely N-dealkylation sites (tertiary alicyclic amines) is 1. The zero-order valence-electron chi connectivity index (χ0n) is 11.6. The van der Waals surface area contributed by atoms with Crippen LogP contribution in [0.3, 0.4) is 0 Å². The van der Waals surface area contributed by atoms with Gasteiger partial charge >= 0.3 is 5.97 Å². The third-order valence-corrected chi connectivity index (χ3v) is 3.67. The number of carbonyl (C=O) groups is 1. The lowest BCUT2D eigenvalue weighted by molar-refractivity contribution is -0.136. The molecular formula is C14H22N2O3. The largest absolute Gasteiger partial charge is 0.481 e. The zero-order valence-corrected chi connectivity index (χ0v) is 11.6.